The number of pyridine rings is 1. The second-order valence-electron chi connectivity index (χ2n) is 11.5. The van der Waals surface area contributed by atoms with E-state index in [0.29, 0.717) is 24.8 Å². The normalized spacial score (nSPS) is 12.2. The van der Waals surface area contributed by atoms with Gasteiger partial charge in [0.2, 0.25) is 0 Å². The highest BCUT2D eigenvalue weighted by molar-refractivity contribution is 5.90. The summed E-state index contributed by atoms with van der Waals surface area (Å²) in [4.78, 5) is 17.0. The van der Waals surface area contributed by atoms with E-state index in [2.05, 4.69) is 11.9 Å². The molecule has 2 aromatic carbocycles. The molecule has 0 bridgehead atoms. The monoisotopic (exact) mass is 627 g/mol. The van der Waals surface area contributed by atoms with E-state index in [1.54, 1.807) is 12.1 Å². The highest BCUT2D eigenvalue weighted by atomic mass is 19.4. The van der Waals surface area contributed by atoms with E-state index in [1.165, 1.54) is 44.9 Å². The number of aromatic nitrogens is 1. The second kappa shape index (κ2) is 19.9. The Bertz CT molecular complexity index is 1230. The maximum atomic E-state index is 12.4. The van der Waals surface area contributed by atoms with E-state index in [4.69, 9.17) is 14.2 Å². The fraction of sp³-hybridized carbons (Fsp3) is 0.514. The number of hydrogen-bond acceptors (Lipinski definition) is 5. The van der Waals surface area contributed by atoms with E-state index in [-0.39, 0.29) is 13.2 Å². The Morgan fingerprint density at radius 3 is 1.84 bits per heavy atom. The van der Waals surface area contributed by atoms with Crippen molar-refractivity contribution in [3.05, 3.63) is 72.4 Å². The molecule has 0 N–H and O–H groups in total. The van der Waals surface area contributed by atoms with Gasteiger partial charge in [0.25, 0.3) is 0 Å². The lowest BCUT2D eigenvalue weighted by Gasteiger charge is -2.16. The van der Waals surface area contributed by atoms with Gasteiger partial charge >= 0.3 is 12.1 Å². The first-order chi connectivity index (χ1) is 21.8. The van der Waals surface area contributed by atoms with E-state index in [1.807, 2.05) is 54.7 Å². The van der Waals surface area contributed by atoms with Crippen LogP contribution in [0.4, 0.5) is 13.2 Å². The summed E-state index contributed by atoms with van der Waals surface area (Å²) in [5, 5.41) is 0. The lowest BCUT2D eigenvalue weighted by Crippen LogP contribution is -2.28. The van der Waals surface area contributed by atoms with Crippen molar-refractivity contribution in [3.8, 4) is 28.1 Å². The Morgan fingerprint density at radius 2 is 1.24 bits per heavy atom. The molecular formula is C37H48F3NO4. The Labute approximate surface area is 266 Å². The van der Waals surface area contributed by atoms with Crippen LogP contribution in [0.25, 0.3) is 22.4 Å². The van der Waals surface area contributed by atoms with Crippen molar-refractivity contribution in [2.75, 3.05) is 19.8 Å². The zero-order valence-corrected chi connectivity index (χ0v) is 26.7. The Morgan fingerprint density at radius 1 is 0.689 bits per heavy atom. The van der Waals surface area contributed by atoms with Crippen molar-refractivity contribution < 1.29 is 32.2 Å². The summed E-state index contributed by atoms with van der Waals surface area (Å²) >= 11 is 0. The van der Waals surface area contributed by atoms with Crippen LogP contribution in [0.3, 0.4) is 0 Å². The minimum Gasteiger partial charge on any atom is -0.494 e. The van der Waals surface area contributed by atoms with Crippen LogP contribution in [-0.2, 0) is 9.47 Å². The lowest BCUT2D eigenvalue weighted by atomic mass is 10.0. The van der Waals surface area contributed by atoms with Gasteiger partial charge in [0.15, 0.2) is 6.10 Å². The number of nitrogens with zero attached hydrogens (tertiary/aromatic N) is 1. The third kappa shape index (κ3) is 13.6. The Kier molecular flexibility index (Phi) is 15.9. The molecule has 0 aliphatic carbocycles. The molecule has 0 fully saturated rings. The zero-order chi connectivity index (χ0) is 32.3. The number of alkyl halides is 3. The minimum absolute atomic E-state index is 0.0619. The van der Waals surface area contributed by atoms with Crippen LogP contribution in [0.2, 0.25) is 0 Å². The summed E-state index contributed by atoms with van der Waals surface area (Å²) in [7, 11) is 0. The van der Waals surface area contributed by atoms with Crippen molar-refractivity contribution >= 4 is 5.97 Å². The molecule has 0 aliphatic heterocycles. The fourth-order valence-electron chi connectivity index (χ4n) is 4.84. The maximum Gasteiger partial charge on any atom is 0.414 e. The van der Waals surface area contributed by atoms with Gasteiger partial charge in [-0.3, -0.25) is 4.98 Å². The summed E-state index contributed by atoms with van der Waals surface area (Å²) in [6.07, 6.45) is 8.64. The summed E-state index contributed by atoms with van der Waals surface area (Å²) < 4.78 is 53.3. The molecular weight excluding hydrogens is 579 g/mol. The highest BCUT2D eigenvalue weighted by Crippen LogP contribution is 2.25. The Hall–Kier alpha value is -3.39. The molecule has 8 heteroatoms. The van der Waals surface area contributed by atoms with E-state index in [0.717, 1.165) is 54.5 Å². The number of ether oxygens (including phenoxy) is 3. The topological polar surface area (TPSA) is 57.7 Å². The van der Waals surface area contributed by atoms with Crippen LogP contribution in [0, 0.1) is 0 Å². The average molecular weight is 628 g/mol. The van der Waals surface area contributed by atoms with Crippen molar-refractivity contribution in [1.82, 2.24) is 4.98 Å². The standard InChI is InChI=1S/C37H48F3NO4/c1-3-4-5-6-7-8-9-13-26-44-34-22-19-30(20-23-34)33-21-24-35(41-28-33)31-15-17-32(18-16-31)36(42)45-27-14-11-10-12-25-43-29(2)37(38,39)40/h15-24,28-29H,3-14,25-27H2,1-2H3. The van der Waals surface area contributed by atoms with Gasteiger partial charge in [0, 0.05) is 23.9 Å². The molecule has 3 aromatic rings. The molecule has 3 rings (SSSR count). The van der Waals surface area contributed by atoms with Crippen LogP contribution >= 0.6 is 0 Å². The minimum atomic E-state index is -4.33. The number of hydrogen-bond donors (Lipinski definition) is 0. The summed E-state index contributed by atoms with van der Waals surface area (Å²) in [6, 6.07) is 19.2. The number of unbranched alkanes of at least 4 members (excludes halogenated alkanes) is 10. The van der Waals surface area contributed by atoms with E-state index in [9.17, 15) is 18.0 Å². The smallest absolute Gasteiger partial charge is 0.414 e. The molecule has 246 valence electrons. The predicted molar refractivity (Wildman–Crippen MR) is 173 cm³/mol. The van der Waals surface area contributed by atoms with Gasteiger partial charge in [0.1, 0.15) is 5.75 Å². The Balaban J connectivity index is 1.34. The number of esters is 1. The third-order valence-corrected chi connectivity index (χ3v) is 7.73. The molecule has 0 saturated carbocycles. The van der Waals surface area contributed by atoms with Gasteiger partial charge in [0.05, 0.1) is 24.5 Å². The molecule has 1 atom stereocenters. The van der Waals surface area contributed by atoms with Crippen LogP contribution in [-0.4, -0.2) is 43.1 Å². The van der Waals surface area contributed by atoms with Gasteiger partial charge in [-0.2, -0.15) is 13.2 Å². The fourth-order valence-corrected chi connectivity index (χ4v) is 4.84. The van der Waals surface area contributed by atoms with Gasteiger partial charge < -0.3 is 14.2 Å². The van der Waals surface area contributed by atoms with Crippen LogP contribution in [0.5, 0.6) is 5.75 Å². The number of halogens is 3. The van der Waals surface area contributed by atoms with Crippen LogP contribution < -0.4 is 4.74 Å². The summed E-state index contributed by atoms with van der Waals surface area (Å²) in [5.74, 6) is 0.477. The average Bonchev–Trinajstić information content (AvgIpc) is 3.05. The van der Waals surface area contributed by atoms with Crippen molar-refractivity contribution in [3.63, 3.8) is 0 Å². The van der Waals surface area contributed by atoms with Crippen molar-refractivity contribution in [1.29, 1.82) is 0 Å². The molecule has 0 spiro atoms. The lowest BCUT2D eigenvalue weighted by molar-refractivity contribution is -0.214. The van der Waals surface area contributed by atoms with Gasteiger partial charge in [-0.1, -0.05) is 88.6 Å². The first-order valence-corrected chi connectivity index (χ1v) is 16.4. The molecule has 5 nitrogen and oxygen atoms in total. The third-order valence-electron chi connectivity index (χ3n) is 7.73. The molecule has 0 radical (unpaired) electrons. The largest absolute Gasteiger partial charge is 0.494 e. The molecule has 1 heterocycles. The number of carbonyl (C=O) groups is 1. The predicted octanol–water partition coefficient (Wildman–Crippen LogP) is 10.6. The summed E-state index contributed by atoms with van der Waals surface area (Å²) in [5.41, 5.74) is 4.23. The molecule has 0 aliphatic rings. The molecule has 1 aromatic heterocycles. The van der Waals surface area contributed by atoms with Crippen molar-refractivity contribution in [2.24, 2.45) is 0 Å². The van der Waals surface area contributed by atoms with Gasteiger partial charge in [-0.15, -0.1) is 0 Å². The molecule has 45 heavy (non-hydrogen) atoms. The summed E-state index contributed by atoms with van der Waals surface area (Å²) in [6.45, 7) is 4.32. The first-order valence-electron chi connectivity index (χ1n) is 16.4. The quantitative estimate of drug-likeness (QED) is 0.0869. The maximum absolute atomic E-state index is 12.4. The second-order valence-corrected chi connectivity index (χ2v) is 11.5. The van der Waals surface area contributed by atoms with Crippen LogP contribution in [0.15, 0.2) is 66.9 Å². The number of carbonyl (C=O) groups excluding carboxylic acids is 1. The SMILES string of the molecule is CCCCCCCCCCOc1ccc(-c2ccc(-c3ccc(C(=O)OCCCCCCOC(C)C(F)(F)F)cc3)nc2)cc1. The molecule has 1 unspecified atom stereocenters. The first kappa shape index (κ1) is 36.1. The molecule has 0 saturated heterocycles. The number of benzene rings is 2. The van der Waals surface area contributed by atoms with E-state index < -0.39 is 18.2 Å². The molecule has 0 amide bonds. The van der Waals surface area contributed by atoms with Crippen LogP contribution in [0.1, 0.15) is 101 Å². The van der Waals surface area contributed by atoms with E-state index >= 15 is 0 Å². The number of rotatable bonds is 21. The van der Waals surface area contributed by atoms with Gasteiger partial charge in [-0.05, 0) is 68.5 Å². The zero-order valence-electron chi connectivity index (χ0n) is 26.7. The van der Waals surface area contributed by atoms with Gasteiger partial charge in [-0.25, -0.2) is 4.79 Å². The highest BCUT2D eigenvalue weighted by Gasteiger charge is 2.36. The van der Waals surface area contributed by atoms with Crippen molar-refractivity contribution in [2.45, 2.75) is 103 Å².